The standard InChI is InChI=1S/C12H20O2/c13-12(14)11-8-4-6-9-5-2-1-3-7-10(9)11/h9-11H,1-8H2,(H,13,14)/t9-,10+,11?/m1/s1. The Morgan fingerprint density at radius 1 is 0.929 bits per heavy atom. The highest BCUT2D eigenvalue weighted by atomic mass is 16.4. The van der Waals surface area contributed by atoms with Gasteiger partial charge in [0.25, 0.3) is 0 Å². The molecule has 80 valence electrons. The molecule has 2 aliphatic carbocycles. The summed E-state index contributed by atoms with van der Waals surface area (Å²) in [6.07, 6.45) is 9.71. The first-order valence-corrected chi connectivity index (χ1v) is 6.02. The quantitative estimate of drug-likeness (QED) is 0.699. The molecule has 0 spiro atoms. The molecule has 1 N–H and O–H groups in total. The SMILES string of the molecule is O=C(O)C1CCC[C@H]2CCCCC[C@H]12. The summed E-state index contributed by atoms with van der Waals surface area (Å²) in [5.41, 5.74) is 0. The molecule has 14 heavy (non-hydrogen) atoms. The van der Waals surface area contributed by atoms with E-state index >= 15 is 0 Å². The minimum Gasteiger partial charge on any atom is -0.481 e. The Kier molecular flexibility index (Phi) is 3.09. The Balaban J connectivity index is 2.08. The normalized spacial score (nSPS) is 38.4. The molecule has 0 aromatic rings. The lowest BCUT2D eigenvalue weighted by atomic mass is 9.70. The van der Waals surface area contributed by atoms with Crippen LogP contribution in [0.3, 0.4) is 0 Å². The van der Waals surface area contributed by atoms with Gasteiger partial charge in [-0.3, -0.25) is 4.79 Å². The number of carboxylic acids is 1. The molecule has 0 heterocycles. The van der Waals surface area contributed by atoms with Crippen molar-refractivity contribution in [3.05, 3.63) is 0 Å². The Morgan fingerprint density at radius 2 is 1.64 bits per heavy atom. The molecule has 0 aromatic heterocycles. The lowest BCUT2D eigenvalue weighted by molar-refractivity contribution is -0.146. The highest BCUT2D eigenvalue weighted by Crippen LogP contribution is 2.42. The van der Waals surface area contributed by atoms with Gasteiger partial charge >= 0.3 is 5.97 Å². The summed E-state index contributed by atoms with van der Waals surface area (Å²) >= 11 is 0. The average molecular weight is 196 g/mol. The van der Waals surface area contributed by atoms with Crippen molar-refractivity contribution in [2.45, 2.75) is 51.4 Å². The van der Waals surface area contributed by atoms with Crippen LogP contribution in [0.1, 0.15) is 51.4 Å². The van der Waals surface area contributed by atoms with Gasteiger partial charge in [-0.2, -0.15) is 0 Å². The van der Waals surface area contributed by atoms with E-state index in [0.29, 0.717) is 5.92 Å². The van der Waals surface area contributed by atoms with Crippen LogP contribution in [0, 0.1) is 17.8 Å². The van der Waals surface area contributed by atoms with Crippen molar-refractivity contribution < 1.29 is 9.90 Å². The predicted molar refractivity (Wildman–Crippen MR) is 55.0 cm³/mol. The second-order valence-corrected chi connectivity index (χ2v) is 4.94. The molecular weight excluding hydrogens is 176 g/mol. The molecule has 0 aromatic carbocycles. The molecule has 2 heteroatoms. The third kappa shape index (κ3) is 1.94. The third-order valence-electron chi connectivity index (χ3n) is 4.14. The van der Waals surface area contributed by atoms with E-state index in [1.165, 1.54) is 38.5 Å². The smallest absolute Gasteiger partial charge is 0.306 e. The van der Waals surface area contributed by atoms with Crippen LogP contribution >= 0.6 is 0 Å². The van der Waals surface area contributed by atoms with E-state index in [9.17, 15) is 4.79 Å². The number of hydrogen-bond acceptors (Lipinski definition) is 1. The van der Waals surface area contributed by atoms with Crippen LogP contribution in [-0.2, 0) is 4.79 Å². The fourth-order valence-corrected chi connectivity index (χ4v) is 3.42. The molecule has 2 rings (SSSR count). The minimum absolute atomic E-state index is 0.0214. The van der Waals surface area contributed by atoms with Crippen LogP contribution in [-0.4, -0.2) is 11.1 Å². The van der Waals surface area contributed by atoms with Crippen LogP contribution in [0.4, 0.5) is 0 Å². The van der Waals surface area contributed by atoms with Crippen molar-refractivity contribution in [3.63, 3.8) is 0 Å². The third-order valence-corrected chi connectivity index (χ3v) is 4.14. The summed E-state index contributed by atoms with van der Waals surface area (Å²) in [5, 5.41) is 9.17. The molecule has 3 atom stereocenters. The van der Waals surface area contributed by atoms with E-state index in [-0.39, 0.29) is 5.92 Å². The lowest BCUT2D eigenvalue weighted by Gasteiger charge is -2.35. The first-order chi connectivity index (χ1) is 6.79. The molecular formula is C12H20O2. The van der Waals surface area contributed by atoms with Crippen LogP contribution in [0.5, 0.6) is 0 Å². The van der Waals surface area contributed by atoms with Crippen molar-refractivity contribution >= 4 is 5.97 Å². The van der Waals surface area contributed by atoms with Gasteiger partial charge in [0.15, 0.2) is 0 Å². The Morgan fingerprint density at radius 3 is 2.43 bits per heavy atom. The maximum Gasteiger partial charge on any atom is 0.306 e. The molecule has 1 unspecified atom stereocenters. The molecule has 0 aliphatic heterocycles. The number of hydrogen-bond donors (Lipinski definition) is 1. The number of rotatable bonds is 1. The van der Waals surface area contributed by atoms with Gasteiger partial charge in [-0.25, -0.2) is 0 Å². The Bertz CT molecular complexity index is 212. The molecule has 2 nitrogen and oxygen atoms in total. The van der Waals surface area contributed by atoms with Crippen LogP contribution in [0.2, 0.25) is 0 Å². The van der Waals surface area contributed by atoms with Gasteiger partial charge in [-0.1, -0.05) is 38.5 Å². The van der Waals surface area contributed by atoms with Gasteiger partial charge in [-0.15, -0.1) is 0 Å². The summed E-state index contributed by atoms with van der Waals surface area (Å²) < 4.78 is 0. The van der Waals surface area contributed by atoms with Gasteiger partial charge in [0.1, 0.15) is 0 Å². The Labute approximate surface area is 85.7 Å². The van der Waals surface area contributed by atoms with Gasteiger partial charge in [-0.05, 0) is 24.7 Å². The van der Waals surface area contributed by atoms with E-state index in [2.05, 4.69) is 0 Å². The molecule has 2 saturated carbocycles. The van der Waals surface area contributed by atoms with Crippen molar-refractivity contribution in [1.82, 2.24) is 0 Å². The summed E-state index contributed by atoms with van der Waals surface area (Å²) in [6.45, 7) is 0. The number of fused-ring (bicyclic) bond motifs is 1. The topological polar surface area (TPSA) is 37.3 Å². The second kappa shape index (κ2) is 4.33. The maximum absolute atomic E-state index is 11.1. The average Bonchev–Trinajstić information content (AvgIpc) is 2.41. The highest BCUT2D eigenvalue weighted by Gasteiger charge is 2.37. The molecule has 2 aliphatic rings. The van der Waals surface area contributed by atoms with Gasteiger partial charge in [0.2, 0.25) is 0 Å². The monoisotopic (exact) mass is 196 g/mol. The van der Waals surface area contributed by atoms with Gasteiger partial charge in [0.05, 0.1) is 5.92 Å². The number of aliphatic carboxylic acids is 1. The summed E-state index contributed by atoms with van der Waals surface area (Å²) in [5.74, 6) is 0.671. The minimum atomic E-state index is -0.540. The van der Waals surface area contributed by atoms with Crippen molar-refractivity contribution in [1.29, 1.82) is 0 Å². The van der Waals surface area contributed by atoms with Gasteiger partial charge < -0.3 is 5.11 Å². The molecule has 0 radical (unpaired) electrons. The van der Waals surface area contributed by atoms with Crippen LogP contribution in [0.25, 0.3) is 0 Å². The molecule has 2 fully saturated rings. The molecule has 0 saturated heterocycles. The highest BCUT2D eigenvalue weighted by molar-refractivity contribution is 5.70. The van der Waals surface area contributed by atoms with Crippen molar-refractivity contribution in [3.8, 4) is 0 Å². The number of carbonyl (C=O) groups is 1. The number of carboxylic acid groups (broad SMARTS) is 1. The fraction of sp³-hybridized carbons (Fsp3) is 0.917. The molecule has 0 amide bonds. The summed E-state index contributed by atoms with van der Waals surface area (Å²) in [6, 6.07) is 0. The van der Waals surface area contributed by atoms with E-state index in [0.717, 1.165) is 18.8 Å². The van der Waals surface area contributed by atoms with E-state index < -0.39 is 5.97 Å². The van der Waals surface area contributed by atoms with E-state index in [4.69, 9.17) is 5.11 Å². The van der Waals surface area contributed by atoms with Gasteiger partial charge in [0, 0.05) is 0 Å². The zero-order valence-corrected chi connectivity index (χ0v) is 8.74. The largest absolute Gasteiger partial charge is 0.481 e. The zero-order chi connectivity index (χ0) is 9.97. The first-order valence-electron chi connectivity index (χ1n) is 6.02. The van der Waals surface area contributed by atoms with E-state index in [1.807, 2.05) is 0 Å². The van der Waals surface area contributed by atoms with Crippen LogP contribution in [0.15, 0.2) is 0 Å². The fourth-order valence-electron chi connectivity index (χ4n) is 3.42. The lowest BCUT2D eigenvalue weighted by Crippen LogP contribution is -2.32. The van der Waals surface area contributed by atoms with E-state index in [1.54, 1.807) is 0 Å². The first kappa shape index (κ1) is 10.0. The maximum atomic E-state index is 11.1. The second-order valence-electron chi connectivity index (χ2n) is 4.94. The van der Waals surface area contributed by atoms with Crippen LogP contribution < -0.4 is 0 Å². The zero-order valence-electron chi connectivity index (χ0n) is 8.74. The summed E-state index contributed by atoms with van der Waals surface area (Å²) in [7, 11) is 0. The molecule has 0 bridgehead atoms. The Hall–Kier alpha value is -0.530. The van der Waals surface area contributed by atoms with Crippen molar-refractivity contribution in [2.24, 2.45) is 17.8 Å². The predicted octanol–water partition coefficient (Wildman–Crippen LogP) is 3.07. The van der Waals surface area contributed by atoms with Crippen molar-refractivity contribution in [2.75, 3.05) is 0 Å². The summed E-state index contributed by atoms with van der Waals surface area (Å²) in [4.78, 5) is 11.1.